The van der Waals surface area contributed by atoms with Crippen LogP contribution in [0.3, 0.4) is 0 Å². The molecule has 1 aromatic rings. The van der Waals surface area contributed by atoms with E-state index in [0.717, 1.165) is 0 Å². The number of ether oxygens (including phenoxy) is 1. The molecule has 1 N–H and O–H groups in total. The second kappa shape index (κ2) is 3.58. The van der Waals surface area contributed by atoms with Crippen LogP contribution in [0.25, 0.3) is 0 Å². The molecule has 2 rings (SSSR count). The Balaban J connectivity index is 2.50. The number of hydrogen-bond acceptors (Lipinski definition) is 3. The van der Waals surface area contributed by atoms with Crippen molar-refractivity contribution in [2.45, 2.75) is 13.0 Å². The molecule has 0 radical (unpaired) electrons. The van der Waals surface area contributed by atoms with E-state index in [9.17, 15) is 4.79 Å². The lowest BCUT2D eigenvalue weighted by molar-refractivity contribution is 0.188. The van der Waals surface area contributed by atoms with E-state index in [1.807, 2.05) is 0 Å². The zero-order valence-corrected chi connectivity index (χ0v) is 8.73. The maximum absolute atomic E-state index is 11.0. The maximum Gasteiger partial charge on any atom is 0.412 e. The Morgan fingerprint density at radius 2 is 2.53 bits per heavy atom. The molecule has 1 aromatic heterocycles. The van der Waals surface area contributed by atoms with Gasteiger partial charge in [0.05, 0.1) is 11.1 Å². The molecule has 5 nitrogen and oxygen atoms in total. The molecule has 0 aliphatic carbocycles. The molecule has 15 heavy (non-hydrogen) atoms. The van der Waals surface area contributed by atoms with E-state index in [-0.39, 0.29) is 6.04 Å². The van der Waals surface area contributed by atoms with Crippen molar-refractivity contribution >= 4 is 23.4 Å². The van der Waals surface area contributed by atoms with E-state index in [1.54, 1.807) is 6.92 Å². The first-order chi connectivity index (χ1) is 7.09. The summed E-state index contributed by atoms with van der Waals surface area (Å²) in [5, 5.41) is 9.43. The van der Waals surface area contributed by atoms with Gasteiger partial charge >= 0.3 is 6.09 Å². The van der Waals surface area contributed by atoms with E-state index >= 15 is 0 Å². The van der Waals surface area contributed by atoms with Gasteiger partial charge in [0, 0.05) is 6.20 Å². The summed E-state index contributed by atoms with van der Waals surface area (Å²) in [7, 11) is 0. The molecule has 80 valence electrons. The van der Waals surface area contributed by atoms with Gasteiger partial charge in [0.2, 0.25) is 5.88 Å². The molecule has 1 aliphatic heterocycles. The van der Waals surface area contributed by atoms with Gasteiger partial charge in [-0.3, -0.25) is 4.90 Å². The van der Waals surface area contributed by atoms with Crippen LogP contribution < -0.4 is 9.64 Å². The Hall–Kier alpha value is -1.49. The van der Waals surface area contributed by atoms with E-state index < -0.39 is 6.09 Å². The highest BCUT2D eigenvalue weighted by molar-refractivity contribution is 6.30. The van der Waals surface area contributed by atoms with Crippen LogP contribution in [0.4, 0.5) is 10.5 Å². The summed E-state index contributed by atoms with van der Waals surface area (Å²) in [6.07, 6.45) is 0.396. The minimum Gasteiger partial charge on any atom is -0.474 e. The van der Waals surface area contributed by atoms with Crippen LogP contribution in [0, 0.1) is 0 Å². The number of aromatic nitrogens is 1. The number of halogens is 1. The Morgan fingerprint density at radius 1 is 1.80 bits per heavy atom. The molecular weight excluding hydrogens is 220 g/mol. The van der Waals surface area contributed by atoms with Crippen molar-refractivity contribution in [2.75, 3.05) is 11.5 Å². The van der Waals surface area contributed by atoms with Crippen LogP contribution in [-0.4, -0.2) is 28.8 Å². The number of pyridine rings is 1. The Kier molecular flexibility index (Phi) is 2.40. The SMILES string of the molecule is C[C@H]1COc2ncc(Cl)cc2N1C(=O)O. The predicted octanol–water partition coefficient (Wildman–Crippen LogP) is 2.00. The van der Waals surface area contributed by atoms with E-state index in [2.05, 4.69) is 4.98 Å². The average Bonchev–Trinajstić information content (AvgIpc) is 2.16. The Labute approximate surface area is 91.2 Å². The van der Waals surface area contributed by atoms with Crippen molar-refractivity contribution in [2.24, 2.45) is 0 Å². The van der Waals surface area contributed by atoms with Crippen molar-refractivity contribution in [1.29, 1.82) is 0 Å². The fraction of sp³-hybridized carbons (Fsp3) is 0.333. The zero-order valence-electron chi connectivity index (χ0n) is 7.98. The van der Waals surface area contributed by atoms with Gasteiger partial charge in [-0.15, -0.1) is 0 Å². The van der Waals surface area contributed by atoms with Crippen LogP contribution >= 0.6 is 11.6 Å². The number of carboxylic acid groups (broad SMARTS) is 1. The predicted molar refractivity (Wildman–Crippen MR) is 54.7 cm³/mol. The lowest BCUT2D eigenvalue weighted by atomic mass is 10.2. The maximum atomic E-state index is 11.0. The zero-order chi connectivity index (χ0) is 11.0. The van der Waals surface area contributed by atoms with Crippen molar-refractivity contribution in [3.8, 4) is 5.88 Å². The molecule has 0 fully saturated rings. The third-order valence-electron chi connectivity index (χ3n) is 2.17. The normalized spacial score (nSPS) is 19.3. The largest absolute Gasteiger partial charge is 0.474 e. The van der Waals surface area contributed by atoms with Gasteiger partial charge in [-0.05, 0) is 13.0 Å². The Bertz CT molecular complexity index is 410. The number of nitrogens with zero attached hydrogens (tertiary/aromatic N) is 2. The highest BCUT2D eigenvalue weighted by Gasteiger charge is 2.30. The second-order valence-corrected chi connectivity index (χ2v) is 3.73. The van der Waals surface area contributed by atoms with Crippen LogP contribution in [0.5, 0.6) is 5.88 Å². The number of hydrogen-bond donors (Lipinski definition) is 1. The van der Waals surface area contributed by atoms with Crippen molar-refractivity contribution < 1.29 is 14.6 Å². The van der Waals surface area contributed by atoms with E-state index in [1.165, 1.54) is 17.2 Å². The number of rotatable bonds is 0. The number of carbonyl (C=O) groups is 1. The number of amides is 1. The molecule has 1 amide bonds. The monoisotopic (exact) mass is 228 g/mol. The lowest BCUT2D eigenvalue weighted by Gasteiger charge is -2.31. The molecular formula is C9H9ClN2O3. The number of fused-ring (bicyclic) bond motifs is 1. The molecule has 0 saturated heterocycles. The standard InChI is InChI=1S/C9H9ClN2O3/c1-5-4-15-8-7(12(5)9(13)14)2-6(10)3-11-8/h2-3,5H,4H2,1H3,(H,13,14)/t5-/m0/s1. The molecule has 6 heteroatoms. The minimum atomic E-state index is -1.03. The van der Waals surface area contributed by atoms with Gasteiger partial charge in [-0.1, -0.05) is 11.6 Å². The lowest BCUT2D eigenvalue weighted by Crippen LogP contribution is -2.44. The number of anilines is 1. The van der Waals surface area contributed by atoms with Crippen LogP contribution in [0.15, 0.2) is 12.3 Å². The third-order valence-corrected chi connectivity index (χ3v) is 2.37. The van der Waals surface area contributed by atoms with E-state index in [4.69, 9.17) is 21.4 Å². The molecule has 0 aromatic carbocycles. The van der Waals surface area contributed by atoms with Crippen molar-refractivity contribution in [3.63, 3.8) is 0 Å². The molecule has 0 bridgehead atoms. The molecule has 2 heterocycles. The summed E-state index contributed by atoms with van der Waals surface area (Å²) in [5.74, 6) is 0.305. The van der Waals surface area contributed by atoms with Gasteiger partial charge in [-0.2, -0.15) is 0 Å². The van der Waals surface area contributed by atoms with Crippen molar-refractivity contribution in [3.05, 3.63) is 17.3 Å². The summed E-state index contributed by atoms with van der Waals surface area (Å²) in [4.78, 5) is 16.2. The summed E-state index contributed by atoms with van der Waals surface area (Å²) in [6, 6.07) is 1.29. The van der Waals surface area contributed by atoms with Crippen molar-refractivity contribution in [1.82, 2.24) is 4.98 Å². The van der Waals surface area contributed by atoms with Crippen LogP contribution in [0.1, 0.15) is 6.92 Å². The highest BCUT2D eigenvalue weighted by Crippen LogP contribution is 2.33. The van der Waals surface area contributed by atoms with Gasteiger partial charge in [0.25, 0.3) is 0 Å². The van der Waals surface area contributed by atoms with E-state index in [0.29, 0.717) is 23.2 Å². The third kappa shape index (κ3) is 1.70. The molecule has 1 aliphatic rings. The minimum absolute atomic E-state index is 0.240. The van der Waals surface area contributed by atoms with Gasteiger partial charge in [0.15, 0.2) is 0 Å². The topological polar surface area (TPSA) is 62.7 Å². The molecule has 0 spiro atoms. The van der Waals surface area contributed by atoms with Crippen LogP contribution in [-0.2, 0) is 0 Å². The average molecular weight is 229 g/mol. The smallest absolute Gasteiger partial charge is 0.412 e. The summed E-state index contributed by atoms with van der Waals surface area (Å²) < 4.78 is 5.30. The van der Waals surface area contributed by atoms with Gasteiger partial charge in [0.1, 0.15) is 12.3 Å². The van der Waals surface area contributed by atoms with Gasteiger partial charge in [-0.25, -0.2) is 9.78 Å². The second-order valence-electron chi connectivity index (χ2n) is 3.29. The first kappa shape index (κ1) is 10.0. The first-order valence-corrected chi connectivity index (χ1v) is 4.78. The summed E-state index contributed by atoms with van der Waals surface area (Å²) in [5.41, 5.74) is 0.397. The highest BCUT2D eigenvalue weighted by atomic mass is 35.5. The summed E-state index contributed by atoms with van der Waals surface area (Å²) >= 11 is 5.76. The first-order valence-electron chi connectivity index (χ1n) is 4.40. The fourth-order valence-electron chi connectivity index (χ4n) is 1.50. The Morgan fingerprint density at radius 3 is 3.20 bits per heavy atom. The molecule has 1 atom stereocenters. The molecule has 0 saturated carbocycles. The molecule has 0 unspecified atom stereocenters. The van der Waals surface area contributed by atoms with Crippen LogP contribution in [0.2, 0.25) is 5.02 Å². The van der Waals surface area contributed by atoms with Gasteiger partial charge < -0.3 is 9.84 Å². The quantitative estimate of drug-likeness (QED) is 0.738. The fourth-order valence-corrected chi connectivity index (χ4v) is 1.66. The summed E-state index contributed by atoms with van der Waals surface area (Å²) in [6.45, 7) is 2.06.